The lowest BCUT2D eigenvalue weighted by molar-refractivity contribution is -0.146. The van der Waals surface area contributed by atoms with E-state index in [-0.39, 0.29) is 23.5 Å². The van der Waals surface area contributed by atoms with Gasteiger partial charge in [0, 0.05) is 23.2 Å². The molecule has 3 amide bonds. The number of carbonyl (C=O) groups is 3. The maximum Gasteiger partial charge on any atom is 0.408 e. The Labute approximate surface area is 253 Å². The normalized spacial score (nSPS) is 13.0. The second-order valence-electron chi connectivity index (χ2n) is 12.7. The molecule has 9 heteroatoms. The predicted molar refractivity (Wildman–Crippen MR) is 167 cm³/mol. The van der Waals surface area contributed by atoms with Crippen molar-refractivity contribution < 1.29 is 29.3 Å². The van der Waals surface area contributed by atoms with E-state index < -0.39 is 41.1 Å². The summed E-state index contributed by atoms with van der Waals surface area (Å²) in [7, 11) is 0. The van der Waals surface area contributed by atoms with Gasteiger partial charge in [0.1, 0.15) is 29.2 Å². The molecule has 0 spiro atoms. The van der Waals surface area contributed by atoms with Gasteiger partial charge in [-0.25, -0.2) is 4.79 Å². The zero-order valence-corrected chi connectivity index (χ0v) is 26.2. The van der Waals surface area contributed by atoms with E-state index in [2.05, 4.69) is 10.6 Å². The number of rotatable bonds is 8. The number of benzene rings is 3. The lowest BCUT2D eigenvalue weighted by Gasteiger charge is -2.43. The standard InChI is InChI=1S/C34H43N3O6/c1-21-12-9-10-15-26(21)35-30(40)28(25-14-11-13-22(2)29(25)39)37(33(3,4)5)31(41)27(36-32(42)43-34(6,7)8)20-23-16-18-24(38)19-17-23/h9-19,27-28,38-39H,20H2,1-8H3,(H,35,40)(H,36,42). The molecule has 0 aromatic heterocycles. The van der Waals surface area contributed by atoms with Crippen LogP contribution in [0.25, 0.3) is 0 Å². The van der Waals surface area contributed by atoms with Gasteiger partial charge in [0.2, 0.25) is 5.91 Å². The summed E-state index contributed by atoms with van der Waals surface area (Å²) < 4.78 is 5.48. The second kappa shape index (κ2) is 13.2. The van der Waals surface area contributed by atoms with Crippen LogP contribution in [-0.2, 0) is 20.7 Å². The number of aryl methyl sites for hydroxylation is 2. The lowest BCUT2D eigenvalue weighted by Crippen LogP contribution is -2.58. The zero-order chi connectivity index (χ0) is 32.1. The number of phenols is 2. The molecule has 0 bridgehead atoms. The molecule has 0 aliphatic heterocycles. The van der Waals surface area contributed by atoms with Gasteiger partial charge in [-0.2, -0.15) is 0 Å². The predicted octanol–water partition coefficient (Wildman–Crippen LogP) is 6.16. The SMILES string of the molecule is Cc1ccccc1NC(=O)C(c1cccc(C)c1O)N(C(=O)C(Cc1ccc(O)cc1)NC(=O)OC(C)(C)C)C(C)(C)C. The Bertz CT molecular complexity index is 1450. The number of hydrogen-bond donors (Lipinski definition) is 4. The minimum absolute atomic E-state index is 0.0524. The van der Waals surface area contributed by atoms with Gasteiger partial charge < -0.3 is 30.5 Å². The number of ether oxygens (including phenoxy) is 1. The molecule has 0 aliphatic rings. The molecule has 2 unspecified atom stereocenters. The number of alkyl carbamates (subject to hydrolysis) is 1. The number of hydrogen-bond acceptors (Lipinski definition) is 6. The minimum Gasteiger partial charge on any atom is -0.508 e. The van der Waals surface area contributed by atoms with E-state index in [1.807, 2.05) is 19.1 Å². The van der Waals surface area contributed by atoms with Crippen LogP contribution < -0.4 is 10.6 Å². The molecule has 3 rings (SSSR count). The Morgan fingerprint density at radius 2 is 1.44 bits per heavy atom. The van der Waals surface area contributed by atoms with Crippen LogP contribution in [0, 0.1) is 13.8 Å². The van der Waals surface area contributed by atoms with Crippen molar-refractivity contribution in [3.8, 4) is 11.5 Å². The minimum atomic E-state index is -1.27. The topological polar surface area (TPSA) is 128 Å². The van der Waals surface area contributed by atoms with Crippen LogP contribution in [0.5, 0.6) is 11.5 Å². The monoisotopic (exact) mass is 589 g/mol. The van der Waals surface area contributed by atoms with Crippen LogP contribution in [0.2, 0.25) is 0 Å². The largest absolute Gasteiger partial charge is 0.508 e. The van der Waals surface area contributed by atoms with Gasteiger partial charge in [0.15, 0.2) is 0 Å². The van der Waals surface area contributed by atoms with Crippen molar-refractivity contribution >= 4 is 23.6 Å². The fourth-order valence-corrected chi connectivity index (χ4v) is 4.74. The van der Waals surface area contributed by atoms with Crippen LogP contribution >= 0.6 is 0 Å². The zero-order valence-electron chi connectivity index (χ0n) is 26.2. The molecule has 43 heavy (non-hydrogen) atoms. The third kappa shape index (κ3) is 8.73. The third-order valence-corrected chi connectivity index (χ3v) is 6.80. The third-order valence-electron chi connectivity index (χ3n) is 6.80. The molecule has 4 N–H and O–H groups in total. The summed E-state index contributed by atoms with van der Waals surface area (Å²) in [6.07, 6.45) is -0.741. The fourth-order valence-electron chi connectivity index (χ4n) is 4.74. The molecule has 3 aromatic carbocycles. The average Bonchev–Trinajstić information content (AvgIpc) is 2.89. The highest BCUT2D eigenvalue weighted by molar-refractivity contribution is 6.00. The van der Waals surface area contributed by atoms with Gasteiger partial charge in [-0.3, -0.25) is 9.59 Å². The number of aromatic hydroxyl groups is 2. The second-order valence-corrected chi connectivity index (χ2v) is 12.7. The first-order valence-electron chi connectivity index (χ1n) is 14.2. The first-order valence-corrected chi connectivity index (χ1v) is 14.2. The maximum atomic E-state index is 14.6. The molecular weight excluding hydrogens is 546 g/mol. The summed E-state index contributed by atoms with van der Waals surface area (Å²) in [6, 6.07) is 16.2. The number of anilines is 1. The highest BCUT2D eigenvalue weighted by atomic mass is 16.6. The van der Waals surface area contributed by atoms with Gasteiger partial charge in [-0.05, 0) is 90.3 Å². The van der Waals surface area contributed by atoms with Crippen molar-refractivity contribution in [1.82, 2.24) is 10.2 Å². The molecule has 0 saturated carbocycles. The first kappa shape index (κ1) is 33.0. The number of nitrogens with zero attached hydrogens (tertiary/aromatic N) is 1. The van der Waals surface area contributed by atoms with Crippen molar-refractivity contribution in [3.05, 3.63) is 89.0 Å². The summed E-state index contributed by atoms with van der Waals surface area (Å²) in [4.78, 5) is 43.2. The number of nitrogens with one attached hydrogen (secondary N) is 2. The van der Waals surface area contributed by atoms with E-state index in [1.54, 1.807) is 90.9 Å². The smallest absolute Gasteiger partial charge is 0.408 e. The average molecular weight is 590 g/mol. The van der Waals surface area contributed by atoms with Gasteiger partial charge in [0.25, 0.3) is 5.91 Å². The van der Waals surface area contributed by atoms with Crippen LogP contribution in [0.4, 0.5) is 10.5 Å². The first-order chi connectivity index (χ1) is 20.0. The summed E-state index contributed by atoms with van der Waals surface area (Å²) >= 11 is 0. The molecule has 0 heterocycles. The molecule has 0 fully saturated rings. The molecule has 0 radical (unpaired) electrons. The van der Waals surface area contributed by atoms with Crippen molar-refractivity contribution in [3.63, 3.8) is 0 Å². The Kier molecular flexibility index (Phi) is 10.1. The molecule has 230 valence electrons. The number of phenolic OH excluding ortho intramolecular Hbond substituents is 2. The highest BCUT2D eigenvalue weighted by Gasteiger charge is 2.43. The molecule has 0 saturated heterocycles. The Morgan fingerprint density at radius 3 is 2.02 bits per heavy atom. The van der Waals surface area contributed by atoms with E-state index in [4.69, 9.17) is 4.74 Å². The number of para-hydroxylation sites is 2. The molecular formula is C34H43N3O6. The molecule has 3 aromatic rings. The molecule has 9 nitrogen and oxygen atoms in total. The van der Waals surface area contributed by atoms with E-state index in [0.29, 0.717) is 16.8 Å². The molecule has 0 aliphatic carbocycles. The lowest BCUT2D eigenvalue weighted by atomic mass is 9.92. The summed E-state index contributed by atoms with van der Waals surface area (Å²) in [5.41, 5.74) is 1.08. The molecule has 2 atom stereocenters. The van der Waals surface area contributed by atoms with E-state index >= 15 is 0 Å². The van der Waals surface area contributed by atoms with Crippen molar-refractivity contribution in [2.45, 2.75) is 85.0 Å². The van der Waals surface area contributed by atoms with Gasteiger partial charge >= 0.3 is 6.09 Å². The Balaban J connectivity index is 2.16. The summed E-state index contributed by atoms with van der Waals surface area (Å²) in [6.45, 7) is 14.1. The highest BCUT2D eigenvalue weighted by Crippen LogP contribution is 2.37. The fraction of sp³-hybridized carbons (Fsp3) is 0.382. The quantitative estimate of drug-likeness (QED) is 0.249. The van der Waals surface area contributed by atoms with Crippen LogP contribution in [0.3, 0.4) is 0 Å². The summed E-state index contributed by atoms with van der Waals surface area (Å²) in [5, 5.41) is 26.6. The number of carbonyl (C=O) groups excluding carboxylic acids is 3. The maximum absolute atomic E-state index is 14.6. The van der Waals surface area contributed by atoms with Crippen molar-refractivity contribution in [1.29, 1.82) is 0 Å². The van der Waals surface area contributed by atoms with Gasteiger partial charge in [-0.1, -0.05) is 48.5 Å². The van der Waals surface area contributed by atoms with Crippen molar-refractivity contribution in [2.24, 2.45) is 0 Å². The van der Waals surface area contributed by atoms with E-state index in [9.17, 15) is 24.6 Å². The van der Waals surface area contributed by atoms with Crippen LogP contribution in [0.1, 0.15) is 69.8 Å². The van der Waals surface area contributed by atoms with E-state index in [1.165, 1.54) is 17.0 Å². The Morgan fingerprint density at radius 1 is 0.837 bits per heavy atom. The van der Waals surface area contributed by atoms with Crippen LogP contribution in [0.15, 0.2) is 66.7 Å². The van der Waals surface area contributed by atoms with Gasteiger partial charge in [-0.15, -0.1) is 0 Å². The Hall–Kier alpha value is -4.53. The number of amides is 3. The summed E-state index contributed by atoms with van der Waals surface area (Å²) in [5.74, 6) is -1.13. The van der Waals surface area contributed by atoms with Crippen molar-refractivity contribution in [2.75, 3.05) is 5.32 Å². The van der Waals surface area contributed by atoms with Crippen LogP contribution in [-0.4, -0.2) is 50.2 Å². The van der Waals surface area contributed by atoms with Gasteiger partial charge in [0.05, 0.1) is 0 Å². The van der Waals surface area contributed by atoms with E-state index in [0.717, 1.165) is 5.56 Å².